The quantitative estimate of drug-likeness (QED) is 0.251. The molecule has 0 fully saturated rings. The molecular formula is C32H39N7. The topological polar surface area (TPSA) is 66.3 Å². The summed E-state index contributed by atoms with van der Waals surface area (Å²) in [7, 11) is 0. The second-order valence-electron chi connectivity index (χ2n) is 12.6. The van der Waals surface area contributed by atoms with E-state index in [0.717, 1.165) is 25.2 Å². The summed E-state index contributed by atoms with van der Waals surface area (Å²) in [5, 5.41) is 9.04. The first-order chi connectivity index (χ1) is 18.5. The van der Waals surface area contributed by atoms with Crippen LogP contribution in [0.4, 0.5) is 0 Å². The summed E-state index contributed by atoms with van der Waals surface area (Å²) < 4.78 is 6.17. The molecule has 7 nitrogen and oxygen atoms in total. The standard InChI is InChI=1S/C32H39N7/c1-31(2,3)28-13-24(11-25(14-28)18-37-9-7-33-22-37)17-30-21-39(36-35-30)20-27-12-26(19-38-10-8-34-23-38)15-29(16-27)32(4,5)6/h7-16,21-23H,17-20H2,1-6H3. The Bertz CT molecular complexity index is 1400. The number of hydrogen-bond acceptors (Lipinski definition) is 4. The van der Waals surface area contributed by atoms with Gasteiger partial charge in [0.15, 0.2) is 0 Å². The normalized spacial score (nSPS) is 12.3. The SMILES string of the molecule is CC(C)(C)c1cc(Cc2cn(Cc3cc(Cn4ccnc4)cc(C(C)(C)C)c3)nn2)cc(Cn2ccnc2)c1. The third kappa shape index (κ3) is 6.91. The molecule has 0 bridgehead atoms. The summed E-state index contributed by atoms with van der Waals surface area (Å²) in [5.41, 5.74) is 8.75. The second-order valence-corrected chi connectivity index (χ2v) is 12.6. The largest absolute Gasteiger partial charge is 0.333 e. The molecule has 3 aromatic heterocycles. The number of imidazole rings is 2. The molecule has 0 spiro atoms. The van der Waals surface area contributed by atoms with Gasteiger partial charge in [-0.15, -0.1) is 5.10 Å². The van der Waals surface area contributed by atoms with Crippen LogP contribution in [-0.2, 0) is 36.9 Å². The van der Waals surface area contributed by atoms with Gasteiger partial charge in [-0.1, -0.05) is 83.2 Å². The van der Waals surface area contributed by atoms with E-state index in [0.29, 0.717) is 6.54 Å². The molecule has 5 rings (SSSR count). The van der Waals surface area contributed by atoms with Gasteiger partial charge in [0.05, 0.1) is 24.9 Å². The molecule has 202 valence electrons. The first-order valence-electron chi connectivity index (χ1n) is 13.6. The minimum Gasteiger partial charge on any atom is -0.333 e. The highest BCUT2D eigenvalue weighted by atomic mass is 15.4. The third-order valence-corrected chi connectivity index (χ3v) is 7.00. The van der Waals surface area contributed by atoms with Crippen LogP contribution in [0, 0.1) is 0 Å². The predicted octanol–water partition coefficient (Wildman–Crippen LogP) is 6.00. The van der Waals surface area contributed by atoms with E-state index in [1.165, 1.54) is 33.4 Å². The average Bonchev–Trinajstić information content (AvgIpc) is 3.62. The van der Waals surface area contributed by atoms with E-state index in [2.05, 4.69) is 114 Å². The van der Waals surface area contributed by atoms with Crippen LogP contribution in [0.2, 0.25) is 0 Å². The Kier molecular flexibility index (Phi) is 7.25. The van der Waals surface area contributed by atoms with Gasteiger partial charge in [0.1, 0.15) is 0 Å². The molecule has 0 radical (unpaired) electrons. The number of aromatic nitrogens is 7. The fraction of sp³-hybridized carbons (Fsp3) is 0.375. The van der Waals surface area contributed by atoms with Gasteiger partial charge in [-0.05, 0) is 44.2 Å². The van der Waals surface area contributed by atoms with Crippen molar-refractivity contribution in [2.45, 2.75) is 78.4 Å². The van der Waals surface area contributed by atoms with Crippen molar-refractivity contribution in [1.29, 1.82) is 0 Å². The van der Waals surface area contributed by atoms with E-state index < -0.39 is 0 Å². The minimum absolute atomic E-state index is 0.0553. The highest BCUT2D eigenvalue weighted by Gasteiger charge is 2.18. The summed E-state index contributed by atoms with van der Waals surface area (Å²) in [6, 6.07) is 13.8. The maximum absolute atomic E-state index is 4.54. The Balaban J connectivity index is 1.37. The molecule has 39 heavy (non-hydrogen) atoms. The molecule has 0 atom stereocenters. The average molecular weight is 522 g/mol. The number of nitrogens with zero attached hydrogens (tertiary/aromatic N) is 7. The van der Waals surface area contributed by atoms with E-state index in [-0.39, 0.29) is 10.8 Å². The van der Waals surface area contributed by atoms with Crippen LogP contribution < -0.4 is 0 Å². The first kappa shape index (κ1) is 26.6. The van der Waals surface area contributed by atoms with E-state index in [1.807, 2.05) is 42.1 Å². The maximum atomic E-state index is 4.54. The minimum atomic E-state index is 0.0553. The van der Waals surface area contributed by atoms with E-state index in [9.17, 15) is 0 Å². The molecule has 5 aromatic rings. The summed E-state index contributed by atoms with van der Waals surface area (Å²) in [6.45, 7) is 15.8. The van der Waals surface area contributed by atoms with Crippen molar-refractivity contribution >= 4 is 0 Å². The fourth-order valence-electron chi connectivity index (χ4n) is 4.84. The lowest BCUT2D eigenvalue weighted by Crippen LogP contribution is -2.13. The van der Waals surface area contributed by atoms with Gasteiger partial charge in [-0.2, -0.15) is 0 Å². The number of benzene rings is 2. The molecule has 0 unspecified atom stereocenters. The van der Waals surface area contributed by atoms with Gasteiger partial charge in [-0.25, -0.2) is 14.6 Å². The van der Waals surface area contributed by atoms with Gasteiger partial charge >= 0.3 is 0 Å². The van der Waals surface area contributed by atoms with Crippen molar-refractivity contribution in [2.75, 3.05) is 0 Å². The highest BCUT2D eigenvalue weighted by Crippen LogP contribution is 2.27. The zero-order valence-corrected chi connectivity index (χ0v) is 24.0. The molecule has 2 aromatic carbocycles. The van der Waals surface area contributed by atoms with Crippen molar-refractivity contribution in [2.24, 2.45) is 0 Å². The van der Waals surface area contributed by atoms with Crippen molar-refractivity contribution in [3.05, 3.63) is 119 Å². The predicted molar refractivity (Wildman–Crippen MR) is 155 cm³/mol. The molecule has 0 aliphatic heterocycles. The van der Waals surface area contributed by atoms with E-state index in [1.54, 1.807) is 0 Å². The number of hydrogen-bond donors (Lipinski definition) is 0. The maximum Gasteiger partial charge on any atom is 0.0949 e. The molecule has 7 heteroatoms. The molecule has 0 N–H and O–H groups in total. The molecule has 0 amide bonds. The lowest BCUT2D eigenvalue weighted by atomic mass is 9.84. The van der Waals surface area contributed by atoms with E-state index in [4.69, 9.17) is 0 Å². The molecule has 0 aliphatic carbocycles. The van der Waals surface area contributed by atoms with Crippen LogP contribution in [0.3, 0.4) is 0 Å². The Hall–Kier alpha value is -4.00. The van der Waals surface area contributed by atoms with Crippen LogP contribution in [-0.4, -0.2) is 34.1 Å². The molecule has 0 saturated heterocycles. The smallest absolute Gasteiger partial charge is 0.0949 e. The van der Waals surface area contributed by atoms with Crippen LogP contribution >= 0.6 is 0 Å². The van der Waals surface area contributed by atoms with Crippen LogP contribution in [0.25, 0.3) is 0 Å². The Labute approximate surface area is 231 Å². The van der Waals surface area contributed by atoms with Crippen LogP contribution in [0.5, 0.6) is 0 Å². The zero-order chi connectivity index (χ0) is 27.6. The fourth-order valence-corrected chi connectivity index (χ4v) is 4.84. The summed E-state index contributed by atoms with van der Waals surface area (Å²) >= 11 is 0. The Morgan fingerprint density at radius 3 is 1.59 bits per heavy atom. The molecule has 0 aliphatic rings. The first-order valence-corrected chi connectivity index (χ1v) is 13.6. The van der Waals surface area contributed by atoms with Gasteiger partial charge < -0.3 is 9.13 Å². The highest BCUT2D eigenvalue weighted by molar-refractivity contribution is 5.37. The third-order valence-electron chi connectivity index (χ3n) is 7.00. The number of rotatable bonds is 8. The molecular weight excluding hydrogens is 482 g/mol. The summed E-state index contributed by atoms with van der Waals surface area (Å²) in [6.07, 6.45) is 14.2. The monoisotopic (exact) mass is 521 g/mol. The van der Waals surface area contributed by atoms with Crippen molar-refractivity contribution in [3.63, 3.8) is 0 Å². The van der Waals surface area contributed by atoms with Gasteiger partial charge in [-0.3, -0.25) is 0 Å². The zero-order valence-electron chi connectivity index (χ0n) is 24.0. The lowest BCUT2D eigenvalue weighted by molar-refractivity contribution is 0.584. The van der Waals surface area contributed by atoms with Gasteiger partial charge in [0.25, 0.3) is 0 Å². The molecule has 0 saturated carbocycles. The Morgan fingerprint density at radius 2 is 1.10 bits per heavy atom. The summed E-state index contributed by atoms with van der Waals surface area (Å²) in [4.78, 5) is 8.39. The van der Waals surface area contributed by atoms with Crippen molar-refractivity contribution in [1.82, 2.24) is 34.1 Å². The van der Waals surface area contributed by atoms with Gasteiger partial charge in [0.2, 0.25) is 0 Å². The Morgan fingerprint density at radius 1 is 0.615 bits per heavy atom. The van der Waals surface area contributed by atoms with Crippen molar-refractivity contribution < 1.29 is 0 Å². The second kappa shape index (κ2) is 10.6. The van der Waals surface area contributed by atoms with Crippen LogP contribution in [0.1, 0.15) is 80.6 Å². The van der Waals surface area contributed by atoms with Gasteiger partial charge in [0, 0.05) is 50.5 Å². The van der Waals surface area contributed by atoms with Crippen LogP contribution in [0.15, 0.2) is 80.0 Å². The lowest BCUT2D eigenvalue weighted by Gasteiger charge is -2.21. The summed E-state index contributed by atoms with van der Waals surface area (Å²) in [5.74, 6) is 0. The van der Waals surface area contributed by atoms with Crippen molar-refractivity contribution in [3.8, 4) is 0 Å². The molecule has 3 heterocycles. The van der Waals surface area contributed by atoms with E-state index >= 15 is 0 Å².